The highest BCUT2D eigenvalue weighted by Crippen LogP contribution is 2.36. The van der Waals surface area contributed by atoms with Gasteiger partial charge in [0.15, 0.2) is 0 Å². The van der Waals surface area contributed by atoms with Crippen molar-refractivity contribution in [3.8, 4) is 5.95 Å². The quantitative estimate of drug-likeness (QED) is 0.348. The van der Waals surface area contributed by atoms with Crippen molar-refractivity contribution in [1.82, 2.24) is 34.4 Å². The summed E-state index contributed by atoms with van der Waals surface area (Å²) in [6.07, 6.45) is 0.384. The number of nitrogens with zero attached hydrogens (tertiary/aromatic N) is 6. The average molecular weight is 646 g/mol. The van der Waals surface area contributed by atoms with E-state index >= 15 is 0 Å². The Bertz CT molecular complexity index is 1760. The van der Waals surface area contributed by atoms with E-state index in [4.69, 9.17) is 0 Å². The van der Waals surface area contributed by atoms with Gasteiger partial charge in [-0.15, -0.1) is 0 Å². The van der Waals surface area contributed by atoms with E-state index in [1.54, 1.807) is 17.6 Å². The Morgan fingerprint density at radius 1 is 1.14 bits per heavy atom. The SMILES string of the molecule is CNC(=O)c1cnc(-n2c(=O)c3c(n4ncc(CC(C)C)c24)CN(C(=O)c2ccc(Br)c(C(F)(F)F)c2)[C@H](C)C3)nc1. The molecule has 0 fully saturated rings. The second-order valence-electron chi connectivity index (χ2n) is 10.6. The van der Waals surface area contributed by atoms with Crippen LogP contribution >= 0.6 is 15.9 Å². The van der Waals surface area contributed by atoms with Crippen molar-refractivity contribution in [2.45, 2.75) is 52.4 Å². The zero-order chi connectivity index (χ0) is 30.5. The van der Waals surface area contributed by atoms with Crippen molar-refractivity contribution in [3.05, 3.63) is 85.1 Å². The molecule has 0 saturated carbocycles. The number of alkyl halides is 3. The van der Waals surface area contributed by atoms with Gasteiger partial charge in [0.1, 0.15) is 5.65 Å². The molecule has 3 aromatic heterocycles. The molecule has 1 N–H and O–H groups in total. The number of benzene rings is 1. The van der Waals surface area contributed by atoms with Crippen LogP contribution in [0.1, 0.15) is 63.9 Å². The number of nitrogens with one attached hydrogen (secondary N) is 1. The Hall–Kier alpha value is -4.07. The lowest BCUT2D eigenvalue weighted by Crippen LogP contribution is -2.46. The molecule has 14 heteroatoms. The zero-order valence-electron chi connectivity index (χ0n) is 23.2. The number of aromatic nitrogens is 5. The van der Waals surface area contributed by atoms with E-state index in [2.05, 4.69) is 36.3 Å². The third-order valence-electron chi connectivity index (χ3n) is 7.18. The minimum atomic E-state index is -4.64. The summed E-state index contributed by atoms with van der Waals surface area (Å²) < 4.78 is 43.4. The molecule has 0 bridgehead atoms. The molecule has 1 aromatic carbocycles. The molecular formula is C28H27BrF3N7O3. The molecular weight excluding hydrogens is 619 g/mol. The van der Waals surface area contributed by atoms with Crippen LogP contribution in [0.25, 0.3) is 11.6 Å². The van der Waals surface area contributed by atoms with Crippen molar-refractivity contribution in [1.29, 1.82) is 0 Å². The first-order valence-electron chi connectivity index (χ1n) is 13.2. The topological polar surface area (TPSA) is 114 Å². The molecule has 4 aromatic rings. The monoisotopic (exact) mass is 645 g/mol. The Balaban J connectivity index is 1.64. The van der Waals surface area contributed by atoms with Crippen LogP contribution in [-0.2, 0) is 25.6 Å². The molecule has 1 aliphatic rings. The van der Waals surface area contributed by atoms with Gasteiger partial charge in [-0.25, -0.2) is 19.1 Å². The number of halogens is 4. The molecule has 1 aliphatic heterocycles. The van der Waals surface area contributed by atoms with E-state index < -0.39 is 29.2 Å². The number of amides is 2. The Labute approximate surface area is 246 Å². The summed E-state index contributed by atoms with van der Waals surface area (Å²) in [5.41, 5.74) is 0.800. The highest BCUT2D eigenvalue weighted by atomic mass is 79.9. The van der Waals surface area contributed by atoms with Crippen LogP contribution in [0, 0.1) is 5.92 Å². The molecule has 5 rings (SSSR count). The van der Waals surface area contributed by atoms with Crippen molar-refractivity contribution in [2.75, 3.05) is 7.05 Å². The van der Waals surface area contributed by atoms with E-state index in [-0.39, 0.29) is 46.3 Å². The predicted octanol–water partition coefficient (Wildman–Crippen LogP) is 4.20. The second-order valence-corrected chi connectivity index (χ2v) is 11.5. The number of carbonyl (C=O) groups excluding carboxylic acids is 2. The van der Waals surface area contributed by atoms with Crippen molar-refractivity contribution < 1.29 is 22.8 Å². The van der Waals surface area contributed by atoms with Crippen molar-refractivity contribution in [3.63, 3.8) is 0 Å². The largest absolute Gasteiger partial charge is 0.417 e. The lowest BCUT2D eigenvalue weighted by molar-refractivity contribution is -0.138. The smallest absolute Gasteiger partial charge is 0.355 e. The van der Waals surface area contributed by atoms with Gasteiger partial charge in [-0.05, 0) is 43.9 Å². The van der Waals surface area contributed by atoms with Gasteiger partial charge in [0.05, 0.1) is 29.6 Å². The molecule has 0 radical (unpaired) electrons. The van der Waals surface area contributed by atoms with Crippen LogP contribution < -0.4 is 10.9 Å². The second kappa shape index (κ2) is 11.0. The lowest BCUT2D eigenvalue weighted by atomic mass is 9.97. The number of hydrogen-bond acceptors (Lipinski definition) is 6. The van der Waals surface area contributed by atoms with Gasteiger partial charge in [-0.2, -0.15) is 18.3 Å². The van der Waals surface area contributed by atoms with Crippen molar-refractivity contribution >= 4 is 33.4 Å². The summed E-state index contributed by atoms with van der Waals surface area (Å²) >= 11 is 2.92. The van der Waals surface area contributed by atoms with Gasteiger partial charge < -0.3 is 10.2 Å². The van der Waals surface area contributed by atoms with E-state index in [0.717, 1.165) is 11.6 Å². The van der Waals surface area contributed by atoms with Crippen LogP contribution in [0.3, 0.4) is 0 Å². The Kier molecular flexibility index (Phi) is 7.68. The standard InChI is InChI=1S/C28H27BrF3N7O3/c1-14(2)7-17-12-36-39-22-13-37(25(41)16-5-6-21(29)20(9-16)28(30,31)32)15(3)8-19(22)26(42)38(24(17)39)27-34-10-18(11-35-27)23(40)33-4/h5-6,9-12,14-15H,7-8,13H2,1-4H3,(H,33,40)/t15-/m1/s1. The number of hydrogen-bond donors (Lipinski definition) is 1. The summed E-state index contributed by atoms with van der Waals surface area (Å²) in [6, 6.07) is 2.86. The van der Waals surface area contributed by atoms with E-state index in [0.29, 0.717) is 23.3 Å². The molecule has 42 heavy (non-hydrogen) atoms. The molecule has 1 atom stereocenters. The lowest BCUT2D eigenvalue weighted by Gasteiger charge is -2.35. The molecule has 10 nitrogen and oxygen atoms in total. The molecule has 2 amide bonds. The maximum Gasteiger partial charge on any atom is 0.417 e. The maximum absolute atomic E-state index is 14.1. The number of rotatable bonds is 5. The fourth-order valence-corrected chi connectivity index (χ4v) is 5.64. The van der Waals surface area contributed by atoms with E-state index in [9.17, 15) is 27.6 Å². The predicted molar refractivity (Wildman–Crippen MR) is 150 cm³/mol. The van der Waals surface area contributed by atoms with Gasteiger partial charge in [0.2, 0.25) is 5.95 Å². The van der Waals surface area contributed by atoms with E-state index in [1.807, 2.05) is 13.8 Å². The number of fused-ring (bicyclic) bond motifs is 3. The highest BCUT2D eigenvalue weighted by molar-refractivity contribution is 9.10. The summed E-state index contributed by atoms with van der Waals surface area (Å²) in [4.78, 5) is 49.7. The normalized spacial score (nSPS) is 15.3. The van der Waals surface area contributed by atoms with Gasteiger partial charge in [0, 0.05) is 46.6 Å². The van der Waals surface area contributed by atoms with Gasteiger partial charge in [-0.3, -0.25) is 14.4 Å². The minimum Gasteiger partial charge on any atom is -0.355 e. The third-order valence-corrected chi connectivity index (χ3v) is 7.87. The molecule has 0 unspecified atom stereocenters. The minimum absolute atomic E-state index is 0.0431. The van der Waals surface area contributed by atoms with Crippen LogP contribution in [0.15, 0.2) is 46.1 Å². The highest BCUT2D eigenvalue weighted by Gasteiger charge is 2.36. The van der Waals surface area contributed by atoms with Crippen LogP contribution in [-0.4, -0.2) is 54.0 Å². The first-order valence-corrected chi connectivity index (χ1v) is 14.0. The van der Waals surface area contributed by atoms with Crippen LogP contribution in [0.2, 0.25) is 0 Å². The molecule has 0 saturated heterocycles. The molecule has 220 valence electrons. The van der Waals surface area contributed by atoms with Crippen molar-refractivity contribution in [2.24, 2.45) is 5.92 Å². The fourth-order valence-electron chi connectivity index (χ4n) is 5.17. The summed E-state index contributed by atoms with van der Waals surface area (Å²) in [5, 5.41) is 7.07. The van der Waals surface area contributed by atoms with Crippen LogP contribution in [0.5, 0.6) is 0 Å². The Morgan fingerprint density at radius 2 is 1.83 bits per heavy atom. The number of carbonyl (C=O) groups is 2. The summed E-state index contributed by atoms with van der Waals surface area (Å²) in [6.45, 7) is 5.74. The molecule has 0 spiro atoms. The molecule has 0 aliphatic carbocycles. The third kappa shape index (κ3) is 5.19. The van der Waals surface area contributed by atoms with Gasteiger partial charge in [-0.1, -0.05) is 29.8 Å². The van der Waals surface area contributed by atoms with Gasteiger partial charge in [0.25, 0.3) is 17.4 Å². The fraction of sp³-hybridized carbons (Fsp3) is 0.357. The molecule has 4 heterocycles. The average Bonchev–Trinajstić information content (AvgIpc) is 3.34. The van der Waals surface area contributed by atoms with Crippen LogP contribution in [0.4, 0.5) is 13.2 Å². The first-order chi connectivity index (χ1) is 19.8. The summed E-state index contributed by atoms with van der Waals surface area (Å²) in [7, 11) is 1.49. The first kappa shape index (κ1) is 29.4. The summed E-state index contributed by atoms with van der Waals surface area (Å²) in [5.74, 6) is -0.689. The maximum atomic E-state index is 14.1. The van der Waals surface area contributed by atoms with Gasteiger partial charge >= 0.3 is 6.18 Å². The van der Waals surface area contributed by atoms with E-state index in [1.165, 1.54) is 41.0 Å². The Morgan fingerprint density at radius 3 is 2.45 bits per heavy atom. The zero-order valence-corrected chi connectivity index (χ0v) is 24.7.